The number of carbonyl (C=O) groups is 1. The summed E-state index contributed by atoms with van der Waals surface area (Å²) in [6, 6.07) is 4.09. The molecule has 1 fully saturated rings. The van der Waals surface area contributed by atoms with Crippen molar-refractivity contribution in [1.82, 2.24) is 20.0 Å². The van der Waals surface area contributed by atoms with Gasteiger partial charge in [0.25, 0.3) is 0 Å². The van der Waals surface area contributed by atoms with E-state index in [0.29, 0.717) is 5.75 Å². The van der Waals surface area contributed by atoms with Crippen LogP contribution in [0.4, 0.5) is 0 Å². The Morgan fingerprint density at radius 3 is 2.96 bits per heavy atom. The Morgan fingerprint density at radius 2 is 2.17 bits per heavy atom. The zero-order valence-corrected chi connectivity index (χ0v) is 15.3. The summed E-state index contributed by atoms with van der Waals surface area (Å²) in [5, 5.41) is 6.47. The van der Waals surface area contributed by atoms with Gasteiger partial charge in [-0.25, -0.2) is 4.98 Å². The van der Waals surface area contributed by atoms with Gasteiger partial charge in [0, 0.05) is 24.7 Å². The highest BCUT2D eigenvalue weighted by Crippen LogP contribution is 2.26. The molecule has 130 valence electrons. The third-order valence-corrected chi connectivity index (χ3v) is 5.62. The smallest absolute Gasteiger partial charge is 0.230 e. The van der Waals surface area contributed by atoms with Crippen LogP contribution in [-0.2, 0) is 10.5 Å². The quantitative estimate of drug-likeness (QED) is 0.843. The maximum Gasteiger partial charge on any atom is 0.230 e. The molecule has 0 radical (unpaired) electrons. The molecular weight excluding hydrogens is 320 g/mol. The predicted octanol–water partition coefficient (Wildman–Crippen LogP) is 2.38. The Kier molecular flexibility index (Phi) is 5.46. The van der Waals surface area contributed by atoms with E-state index in [2.05, 4.69) is 41.7 Å². The van der Waals surface area contributed by atoms with E-state index in [1.54, 1.807) is 11.8 Å². The van der Waals surface area contributed by atoms with Crippen LogP contribution in [0.5, 0.6) is 0 Å². The van der Waals surface area contributed by atoms with Crippen molar-refractivity contribution in [2.24, 2.45) is 5.41 Å². The Morgan fingerprint density at radius 1 is 1.38 bits per heavy atom. The highest BCUT2D eigenvalue weighted by atomic mass is 32.2. The molecule has 2 N–H and O–H groups in total. The second kappa shape index (κ2) is 7.57. The van der Waals surface area contributed by atoms with Crippen molar-refractivity contribution in [3.63, 3.8) is 0 Å². The van der Waals surface area contributed by atoms with Crippen LogP contribution in [0, 0.1) is 12.3 Å². The molecule has 2 aromatic heterocycles. The Balaban J connectivity index is 1.42. The highest BCUT2D eigenvalue weighted by Gasteiger charge is 2.26. The first-order valence-corrected chi connectivity index (χ1v) is 9.69. The molecule has 1 amide bonds. The summed E-state index contributed by atoms with van der Waals surface area (Å²) < 4.78 is 2.04. The van der Waals surface area contributed by atoms with Crippen molar-refractivity contribution in [1.29, 1.82) is 0 Å². The third kappa shape index (κ3) is 4.51. The lowest BCUT2D eigenvalue weighted by atomic mass is 9.81. The van der Waals surface area contributed by atoms with Gasteiger partial charge in [-0.15, -0.1) is 11.8 Å². The monoisotopic (exact) mass is 346 g/mol. The predicted molar refractivity (Wildman–Crippen MR) is 99.3 cm³/mol. The van der Waals surface area contributed by atoms with Crippen LogP contribution in [0.3, 0.4) is 0 Å². The zero-order valence-electron chi connectivity index (χ0n) is 14.5. The summed E-state index contributed by atoms with van der Waals surface area (Å²) >= 11 is 1.62. The van der Waals surface area contributed by atoms with Gasteiger partial charge in [0.1, 0.15) is 5.65 Å². The number of piperidine rings is 1. The maximum atomic E-state index is 12.1. The topological polar surface area (TPSA) is 58.4 Å². The number of pyridine rings is 1. The molecule has 1 aliphatic rings. The molecule has 0 aromatic carbocycles. The summed E-state index contributed by atoms with van der Waals surface area (Å²) in [6.45, 7) is 7.21. The van der Waals surface area contributed by atoms with Gasteiger partial charge in [-0.05, 0) is 49.9 Å². The molecule has 1 aliphatic heterocycles. The molecule has 1 saturated heterocycles. The second-order valence-electron chi connectivity index (χ2n) is 7.03. The number of hydrogen-bond acceptors (Lipinski definition) is 4. The summed E-state index contributed by atoms with van der Waals surface area (Å²) in [7, 11) is 0. The van der Waals surface area contributed by atoms with Crippen LogP contribution in [-0.4, -0.2) is 40.7 Å². The van der Waals surface area contributed by atoms with Crippen molar-refractivity contribution in [2.45, 2.75) is 32.4 Å². The van der Waals surface area contributed by atoms with Gasteiger partial charge in [0.15, 0.2) is 0 Å². The Bertz CT molecular complexity index is 706. The number of carbonyl (C=O) groups excluding carboxylic acids is 1. The second-order valence-corrected chi connectivity index (χ2v) is 8.02. The summed E-state index contributed by atoms with van der Waals surface area (Å²) in [5.74, 6) is 1.37. The van der Waals surface area contributed by atoms with E-state index in [1.807, 2.05) is 16.7 Å². The van der Waals surface area contributed by atoms with Crippen molar-refractivity contribution in [3.8, 4) is 0 Å². The zero-order chi connectivity index (χ0) is 17.0. The van der Waals surface area contributed by atoms with E-state index in [0.717, 1.165) is 49.6 Å². The lowest BCUT2D eigenvalue weighted by molar-refractivity contribution is -0.119. The lowest BCUT2D eigenvalue weighted by Crippen LogP contribution is -2.43. The van der Waals surface area contributed by atoms with E-state index in [1.165, 1.54) is 5.56 Å². The first kappa shape index (κ1) is 17.3. The highest BCUT2D eigenvalue weighted by molar-refractivity contribution is 7.99. The molecule has 0 unspecified atom stereocenters. The minimum Gasteiger partial charge on any atom is -0.355 e. The molecule has 3 heterocycles. The van der Waals surface area contributed by atoms with Gasteiger partial charge in [-0.2, -0.15) is 0 Å². The first-order valence-electron chi connectivity index (χ1n) is 8.54. The molecule has 0 atom stereocenters. The van der Waals surface area contributed by atoms with Crippen molar-refractivity contribution >= 4 is 23.3 Å². The minimum atomic E-state index is 0.124. The van der Waals surface area contributed by atoms with E-state index in [-0.39, 0.29) is 11.3 Å². The maximum absolute atomic E-state index is 12.1. The molecule has 0 saturated carbocycles. The third-order valence-electron chi connectivity index (χ3n) is 4.65. The normalized spacial score (nSPS) is 17.1. The average molecular weight is 347 g/mol. The number of aromatic nitrogens is 2. The molecule has 5 nitrogen and oxygen atoms in total. The van der Waals surface area contributed by atoms with Crippen LogP contribution < -0.4 is 10.6 Å². The van der Waals surface area contributed by atoms with Crippen molar-refractivity contribution in [2.75, 3.05) is 25.4 Å². The molecule has 0 aliphatic carbocycles. The van der Waals surface area contributed by atoms with E-state index < -0.39 is 0 Å². The molecule has 0 bridgehead atoms. The van der Waals surface area contributed by atoms with E-state index in [4.69, 9.17) is 0 Å². The van der Waals surface area contributed by atoms with Crippen LogP contribution in [0.25, 0.3) is 5.65 Å². The largest absolute Gasteiger partial charge is 0.355 e. The van der Waals surface area contributed by atoms with Gasteiger partial charge in [-0.1, -0.05) is 13.0 Å². The fraction of sp³-hybridized carbons (Fsp3) is 0.556. The van der Waals surface area contributed by atoms with Crippen LogP contribution >= 0.6 is 11.8 Å². The Labute approximate surface area is 147 Å². The molecule has 24 heavy (non-hydrogen) atoms. The van der Waals surface area contributed by atoms with E-state index in [9.17, 15) is 4.79 Å². The standard InChI is InChI=1S/C18H26N4OS/c1-14-3-4-16-21-15(10-22(16)9-14)11-24-12-17(23)20-13-18(2)5-7-19-8-6-18/h3-4,9-10,19H,5-8,11-13H2,1-2H3,(H,20,23). The number of imidazole rings is 1. The number of fused-ring (bicyclic) bond motifs is 1. The number of aryl methyl sites for hydroxylation is 1. The molecule has 3 rings (SSSR count). The molecular formula is C18H26N4OS. The minimum absolute atomic E-state index is 0.124. The lowest BCUT2D eigenvalue weighted by Gasteiger charge is -2.34. The van der Waals surface area contributed by atoms with Crippen LogP contribution in [0.2, 0.25) is 0 Å². The summed E-state index contributed by atoms with van der Waals surface area (Å²) in [4.78, 5) is 16.6. The van der Waals surface area contributed by atoms with Gasteiger partial charge in [0.05, 0.1) is 11.4 Å². The summed E-state index contributed by atoms with van der Waals surface area (Å²) in [5.41, 5.74) is 3.43. The number of nitrogens with one attached hydrogen (secondary N) is 2. The number of thioether (sulfide) groups is 1. The van der Waals surface area contributed by atoms with Gasteiger partial charge < -0.3 is 15.0 Å². The Hall–Kier alpha value is -1.53. The summed E-state index contributed by atoms with van der Waals surface area (Å²) in [6.07, 6.45) is 6.37. The molecule has 0 spiro atoms. The van der Waals surface area contributed by atoms with E-state index >= 15 is 0 Å². The number of nitrogens with zero attached hydrogens (tertiary/aromatic N) is 2. The first-order chi connectivity index (χ1) is 11.5. The average Bonchev–Trinajstić information content (AvgIpc) is 2.95. The number of amides is 1. The van der Waals surface area contributed by atoms with Gasteiger partial charge >= 0.3 is 0 Å². The number of rotatable bonds is 6. The van der Waals surface area contributed by atoms with Crippen LogP contribution in [0.15, 0.2) is 24.5 Å². The SMILES string of the molecule is Cc1ccc2nc(CSCC(=O)NCC3(C)CCNCC3)cn2c1. The fourth-order valence-electron chi connectivity index (χ4n) is 3.04. The fourth-order valence-corrected chi connectivity index (χ4v) is 3.78. The van der Waals surface area contributed by atoms with Gasteiger partial charge in [0.2, 0.25) is 5.91 Å². The van der Waals surface area contributed by atoms with Crippen molar-refractivity contribution < 1.29 is 4.79 Å². The van der Waals surface area contributed by atoms with Crippen LogP contribution in [0.1, 0.15) is 31.0 Å². The number of hydrogen-bond donors (Lipinski definition) is 2. The molecule has 6 heteroatoms. The van der Waals surface area contributed by atoms with Crippen molar-refractivity contribution in [3.05, 3.63) is 35.8 Å². The van der Waals surface area contributed by atoms with Gasteiger partial charge in [-0.3, -0.25) is 4.79 Å². The molecule has 2 aromatic rings.